The van der Waals surface area contributed by atoms with Crippen molar-refractivity contribution in [3.63, 3.8) is 0 Å². The summed E-state index contributed by atoms with van der Waals surface area (Å²) in [6.45, 7) is 6.14. The van der Waals surface area contributed by atoms with Gasteiger partial charge in [-0.1, -0.05) is 0 Å². The van der Waals surface area contributed by atoms with Gasteiger partial charge in [0.25, 0.3) is 5.91 Å². The number of anilines is 1. The Morgan fingerprint density at radius 3 is 2.60 bits per heavy atom. The molecule has 2 fully saturated rings. The van der Waals surface area contributed by atoms with Gasteiger partial charge in [0.2, 0.25) is 5.91 Å². The molecular weight excluding hydrogens is 316 g/mol. The molecule has 1 aromatic rings. The average molecular weight is 344 g/mol. The van der Waals surface area contributed by atoms with Crippen molar-refractivity contribution in [1.82, 2.24) is 14.8 Å². The van der Waals surface area contributed by atoms with Crippen molar-refractivity contribution in [3.8, 4) is 0 Å². The molecule has 1 spiro atoms. The second kappa shape index (κ2) is 6.65. The van der Waals surface area contributed by atoms with E-state index in [0.717, 1.165) is 31.6 Å². The van der Waals surface area contributed by atoms with Crippen LogP contribution in [0.3, 0.4) is 0 Å². The number of likely N-dealkylation sites (tertiary alicyclic amines) is 2. The molecule has 1 aromatic heterocycles. The number of hydrogen-bond acceptors (Lipinski definition) is 4. The first-order chi connectivity index (χ1) is 11.8. The molecule has 2 aliphatic heterocycles. The Labute approximate surface area is 149 Å². The molecule has 0 saturated carbocycles. The van der Waals surface area contributed by atoms with Gasteiger partial charge in [-0.25, -0.2) is 4.98 Å². The van der Waals surface area contributed by atoms with Gasteiger partial charge in [-0.15, -0.1) is 0 Å². The van der Waals surface area contributed by atoms with E-state index in [1.54, 1.807) is 6.20 Å². The Bertz CT molecular complexity index is 656. The first kappa shape index (κ1) is 17.7. The van der Waals surface area contributed by atoms with Gasteiger partial charge in [-0.3, -0.25) is 9.59 Å². The molecule has 2 amide bonds. The van der Waals surface area contributed by atoms with Crippen LogP contribution in [-0.4, -0.2) is 66.4 Å². The molecule has 0 aliphatic carbocycles. The molecule has 136 valence electrons. The average Bonchev–Trinajstić information content (AvgIpc) is 3.01. The fraction of sp³-hybridized carbons (Fsp3) is 0.632. The summed E-state index contributed by atoms with van der Waals surface area (Å²) in [5.41, 5.74) is 0.210. The first-order valence-corrected chi connectivity index (χ1v) is 9.08. The van der Waals surface area contributed by atoms with Gasteiger partial charge in [0.05, 0.1) is 11.0 Å². The summed E-state index contributed by atoms with van der Waals surface area (Å²) in [6, 6.07) is 3.89. The molecule has 0 N–H and O–H groups in total. The lowest BCUT2D eigenvalue weighted by Gasteiger charge is -2.41. The second-order valence-electron chi connectivity index (χ2n) is 7.75. The highest BCUT2D eigenvalue weighted by Crippen LogP contribution is 2.41. The third-order valence-electron chi connectivity index (χ3n) is 5.49. The number of carbonyl (C=O) groups is 2. The third-order valence-corrected chi connectivity index (χ3v) is 5.49. The van der Waals surface area contributed by atoms with Crippen molar-refractivity contribution in [2.24, 2.45) is 5.41 Å². The lowest BCUT2D eigenvalue weighted by atomic mass is 9.78. The van der Waals surface area contributed by atoms with E-state index in [1.165, 1.54) is 0 Å². The fourth-order valence-corrected chi connectivity index (χ4v) is 3.98. The van der Waals surface area contributed by atoms with Crippen molar-refractivity contribution in [1.29, 1.82) is 0 Å². The van der Waals surface area contributed by atoms with Crippen LogP contribution in [0.2, 0.25) is 0 Å². The van der Waals surface area contributed by atoms with Crippen molar-refractivity contribution < 1.29 is 9.59 Å². The lowest BCUT2D eigenvalue weighted by molar-refractivity contribution is -0.147. The summed E-state index contributed by atoms with van der Waals surface area (Å²) in [6.07, 6.45) is 4.30. The minimum Gasteiger partial charge on any atom is -0.363 e. The molecule has 3 heterocycles. The Kier molecular flexibility index (Phi) is 4.71. The van der Waals surface area contributed by atoms with Crippen LogP contribution in [0.15, 0.2) is 18.3 Å². The monoisotopic (exact) mass is 344 g/mol. The quantitative estimate of drug-likeness (QED) is 0.842. The Hall–Kier alpha value is -2.11. The van der Waals surface area contributed by atoms with Crippen LogP contribution < -0.4 is 4.90 Å². The summed E-state index contributed by atoms with van der Waals surface area (Å²) < 4.78 is 0. The summed E-state index contributed by atoms with van der Waals surface area (Å²) >= 11 is 0. The molecule has 25 heavy (non-hydrogen) atoms. The lowest BCUT2D eigenvalue weighted by Crippen LogP contribution is -2.52. The van der Waals surface area contributed by atoms with E-state index < -0.39 is 0 Å². The zero-order chi connectivity index (χ0) is 18.2. The topological polar surface area (TPSA) is 56.8 Å². The molecule has 6 nitrogen and oxygen atoms in total. The van der Waals surface area contributed by atoms with Crippen molar-refractivity contribution in [2.75, 3.05) is 38.6 Å². The largest absolute Gasteiger partial charge is 0.363 e. The number of pyridine rings is 1. The Morgan fingerprint density at radius 1 is 1.24 bits per heavy atom. The number of rotatable bonds is 3. The van der Waals surface area contributed by atoms with Crippen molar-refractivity contribution in [3.05, 3.63) is 23.9 Å². The van der Waals surface area contributed by atoms with E-state index in [1.807, 2.05) is 40.9 Å². The first-order valence-electron chi connectivity index (χ1n) is 9.08. The van der Waals surface area contributed by atoms with E-state index in [0.29, 0.717) is 18.7 Å². The van der Waals surface area contributed by atoms with E-state index in [4.69, 9.17) is 0 Å². The number of amides is 2. The van der Waals surface area contributed by atoms with E-state index in [-0.39, 0.29) is 23.3 Å². The van der Waals surface area contributed by atoms with Gasteiger partial charge in [-0.2, -0.15) is 0 Å². The smallest absolute Gasteiger partial charge is 0.255 e. The highest BCUT2D eigenvalue weighted by molar-refractivity contribution is 5.95. The molecule has 2 saturated heterocycles. The van der Waals surface area contributed by atoms with Crippen LogP contribution in [-0.2, 0) is 4.79 Å². The van der Waals surface area contributed by atoms with Gasteiger partial charge >= 0.3 is 0 Å². The summed E-state index contributed by atoms with van der Waals surface area (Å²) in [4.78, 5) is 35.8. The van der Waals surface area contributed by atoms with Gasteiger partial charge in [0.15, 0.2) is 0 Å². The van der Waals surface area contributed by atoms with Gasteiger partial charge < -0.3 is 14.7 Å². The molecule has 0 aromatic carbocycles. The van der Waals surface area contributed by atoms with Crippen LogP contribution in [0, 0.1) is 5.41 Å². The van der Waals surface area contributed by atoms with E-state index in [2.05, 4.69) is 18.8 Å². The minimum absolute atomic E-state index is 0.0239. The molecule has 1 atom stereocenters. The second-order valence-corrected chi connectivity index (χ2v) is 7.75. The predicted octanol–water partition coefficient (Wildman–Crippen LogP) is 2.01. The maximum atomic E-state index is 13.0. The maximum absolute atomic E-state index is 13.0. The van der Waals surface area contributed by atoms with Crippen LogP contribution in [0.25, 0.3) is 0 Å². The zero-order valence-corrected chi connectivity index (χ0v) is 15.7. The summed E-state index contributed by atoms with van der Waals surface area (Å²) in [5, 5.41) is 0. The zero-order valence-electron chi connectivity index (χ0n) is 15.7. The molecule has 0 unspecified atom stereocenters. The number of piperidine rings is 1. The molecule has 0 bridgehead atoms. The maximum Gasteiger partial charge on any atom is 0.255 e. The Morgan fingerprint density at radius 2 is 2.00 bits per heavy atom. The highest BCUT2D eigenvalue weighted by atomic mass is 16.2. The molecule has 3 rings (SSSR count). The minimum atomic E-state index is -0.380. The van der Waals surface area contributed by atoms with E-state index in [9.17, 15) is 9.59 Å². The number of hydrogen-bond donors (Lipinski definition) is 0. The van der Waals surface area contributed by atoms with Crippen LogP contribution in [0.4, 0.5) is 5.82 Å². The van der Waals surface area contributed by atoms with Crippen molar-refractivity contribution in [2.45, 2.75) is 39.2 Å². The number of nitrogens with zero attached hydrogens (tertiary/aromatic N) is 4. The van der Waals surface area contributed by atoms with Crippen molar-refractivity contribution >= 4 is 17.6 Å². The Balaban J connectivity index is 1.73. The van der Waals surface area contributed by atoms with Crippen LogP contribution in [0.1, 0.15) is 43.5 Å². The highest BCUT2D eigenvalue weighted by Gasteiger charge is 2.49. The number of carbonyl (C=O) groups excluding carboxylic acids is 2. The number of aromatic nitrogens is 1. The molecular formula is C19H28N4O2. The fourth-order valence-electron chi connectivity index (χ4n) is 3.98. The SMILES string of the molecule is CC(C)N1CCC[C@]2(CCN(C(=O)c3ccc(N(C)C)nc3)C2)C1=O. The molecule has 2 aliphatic rings. The van der Waals surface area contributed by atoms with Crippen LogP contribution >= 0.6 is 0 Å². The van der Waals surface area contributed by atoms with Gasteiger partial charge in [-0.05, 0) is 45.2 Å². The molecule has 0 radical (unpaired) electrons. The standard InChI is InChI=1S/C19H28N4O2/c1-14(2)23-10-5-8-19(18(23)25)9-11-22(13-19)17(24)15-6-7-16(20-12-15)21(3)4/h6-7,12,14H,5,8-11,13H2,1-4H3/t19-/m1/s1. The predicted molar refractivity (Wildman–Crippen MR) is 97.6 cm³/mol. The van der Waals surface area contributed by atoms with Crippen LogP contribution in [0.5, 0.6) is 0 Å². The van der Waals surface area contributed by atoms with E-state index >= 15 is 0 Å². The summed E-state index contributed by atoms with van der Waals surface area (Å²) in [7, 11) is 3.84. The normalized spacial score (nSPS) is 23.6. The van der Waals surface area contributed by atoms with Gasteiger partial charge in [0, 0.05) is 46.0 Å². The summed E-state index contributed by atoms with van der Waals surface area (Å²) in [5.74, 6) is 1.03. The third kappa shape index (κ3) is 3.22. The molecule has 6 heteroatoms. The van der Waals surface area contributed by atoms with Gasteiger partial charge in [0.1, 0.15) is 5.82 Å².